The monoisotopic (exact) mass is 532 g/mol. The third-order valence-electron chi connectivity index (χ3n) is 5.07. The minimum Gasteiger partial charge on any atom is -0.484 e. The summed E-state index contributed by atoms with van der Waals surface area (Å²) in [5, 5.41) is 6.71. The standard InChI is InChI=1S/C22H36N4O3.HI/c1-3-24-22(25-13-12-20(28-4-2)18-9-5-6-10-18)26-15-17-8-7-11-19(14-17)29-16-21(23)27;/h7-8,11,14,18,20H,3-6,9-10,12-13,15-16H2,1-2H3,(H2,23,27)(H2,24,25,26);1H. The number of halogens is 1. The van der Waals surface area contributed by atoms with E-state index in [4.69, 9.17) is 15.2 Å². The molecule has 0 radical (unpaired) electrons. The summed E-state index contributed by atoms with van der Waals surface area (Å²) in [6, 6.07) is 7.54. The number of carbonyl (C=O) groups is 1. The normalized spacial score (nSPS) is 15.3. The van der Waals surface area contributed by atoms with Crippen LogP contribution in [0.25, 0.3) is 0 Å². The summed E-state index contributed by atoms with van der Waals surface area (Å²) in [7, 11) is 0. The fraction of sp³-hybridized carbons (Fsp3) is 0.636. The first kappa shape index (κ1) is 26.5. The predicted octanol–water partition coefficient (Wildman–Crippen LogP) is 3.21. The molecule has 1 saturated carbocycles. The summed E-state index contributed by atoms with van der Waals surface area (Å²) >= 11 is 0. The van der Waals surface area contributed by atoms with Gasteiger partial charge in [0.25, 0.3) is 5.91 Å². The lowest BCUT2D eigenvalue weighted by Gasteiger charge is -2.24. The molecule has 1 fully saturated rings. The average molecular weight is 532 g/mol. The van der Waals surface area contributed by atoms with Crippen LogP contribution in [0.2, 0.25) is 0 Å². The molecule has 0 heterocycles. The summed E-state index contributed by atoms with van der Waals surface area (Å²) in [6.07, 6.45) is 6.54. The van der Waals surface area contributed by atoms with Crippen molar-refractivity contribution in [1.29, 1.82) is 0 Å². The molecular weight excluding hydrogens is 495 g/mol. The first-order valence-corrected chi connectivity index (χ1v) is 10.8. The molecule has 1 aromatic rings. The zero-order chi connectivity index (χ0) is 20.9. The minimum atomic E-state index is -0.491. The van der Waals surface area contributed by atoms with Crippen molar-refractivity contribution in [3.8, 4) is 5.75 Å². The largest absolute Gasteiger partial charge is 0.484 e. The van der Waals surface area contributed by atoms with Crippen molar-refractivity contribution in [2.45, 2.75) is 58.6 Å². The van der Waals surface area contributed by atoms with E-state index in [2.05, 4.69) is 29.5 Å². The quantitative estimate of drug-likeness (QED) is 0.218. The number of aliphatic imine (C=N–C) groups is 1. The molecule has 170 valence electrons. The van der Waals surface area contributed by atoms with Crippen LogP contribution in [-0.4, -0.2) is 44.3 Å². The smallest absolute Gasteiger partial charge is 0.255 e. The lowest BCUT2D eigenvalue weighted by Crippen LogP contribution is -2.39. The molecule has 0 bridgehead atoms. The number of amides is 1. The summed E-state index contributed by atoms with van der Waals surface area (Å²) in [5.74, 6) is 1.61. The maximum absolute atomic E-state index is 10.9. The fourth-order valence-corrected chi connectivity index (χ4v) is 3.73. The highest BCUT2D eigenvalue weighted by molar-refractivity contribution is 14.0. The lowest BCUT2D eigenvalue weighted by molar-refractivity contribution is -0.119. The Balaban J connectivity index is 0.00000450. The Morgan fingerprint density at radius 3 is 2.70 bits per heavy atom. The molecule has 1 unspecified atom stereocenters. The van der Waals surface area contributed by atoms with E-state index in [1.165, 1.54) is 25.7 Å². The second kappa shape index (κ2) is 15.3. The first-order chi connectivity index (χ1) is 14.1. The Morgan fingerprint density at radius 1 is 1.27 bits per heavy atom. The molecule has 1 amide bonds. The van der Waals surface area contributed by atoms with E-state index in [1.54, 1.807) is 6.07 Å². The van der Waals surface area contributed by atoms with Crippen molar-refractivity contribution < 1.29 is 14.3 Å². The van der Waals surface area contributed by atoms with Crippen molar-refractivity contribution in [3.63, 3.8) is 0 Å². The molecule has 7 nitrogen and oxygen atoms in total. The number of guanidine groups is 1. The van der Waals surface area contributed by atoms with E-state index in [0.29, 0.717) is 24.3 Å². The second-order valence-electron chi connectivity index (χ2n) is 7.35. The summed E-state index contributed by atoms with van der Waals surface area (Å²) in [4.78, 5) is 15.5. The molecule has 30 heavy (non-hydrogen) atoms. The van der Waals surface area contributed by atoms with Crippen molar-refractivity contribution in [2.24, 2.45) is 16.6 Å². The number of rotatable bonds is 12. The number of primary amides is 1. The van der Waals surface area contributed by atoms with Crippen molar-refractivity contribution >= 4 is 35.8 Å². The highest BCUT2D eigenvalue weighted by Crippen LogP contribution is 2.30. The van der Waals surface area contributed by atoms with Crippen LogP contribution in [0, 0.1) is 5.92 Å². The molecule has 0 aromatic heterocycles. The summed E-state index contributed by atoms with van der Waals surface area (Å²) < 4.78 is 11.4. The van der Waals surface area contributed by atoms with Gasteiger partial charge in [-0.05, 0) is 56.7 Å². The molecule has 1 atom stereocenters. The van der Waals surface area contributed by atoms with E-state index in [9.17, 15) is 4.79 Å². The topological polar surface area (TPSA) is 98.0 Å². The van der Waals surface area contributed by atoms with E-state index >= 15 is 0 Å². The van der Waals surface area contributed by atoms with Gasteiger partial charge in [-0.25, -0.2) is 4.99 Å². The molecule has 1 aliphatic carbocycles. The number of carbonyl (C=O) groups excluding carboxylic acids is 1. The number of hydrogen-bond acceptors (Lipinski definition) is 4. The molecular formula is C22H37IN4O3. The molecule has 0 saturated heterocycles. The van der Waals surface area contributed by atoms with Crippen LogP contribution in [0.4, 0.5) is 0 Å². The zero-order valence-corrected chi connectivity index (χ0v) is 20.5. The van der Waals surface area contributed by atoms with Crippen LogP contribution in [0.5, 0.6) is 5.75 Å². The number of nitrogens with one attached hydrogen (secondary N) is 2. The van der Waals surface area contributed by atoms with E-state index in [-0.39, 0.29) is 30.6 Å². The lowest BCUT2D eigenvalue weighted by atomic mass is 9.98. The molecule has 4 N–H and O–H groups in total. The predicted molar refractivity (Wildman–Crippen MR) is 131 cm³/mol. The first-order valence-electron chi connectivity index (χ1n) is 10.8. The van der Waals surface area contributed by atoms with Crippen LogP contribution in [-0.2, 0) is 16.1 Å². The van der Waals surface area contributed by atoms with Crippen molar-refractivity contribution in [1.82, 2.24) is 10.6 Å². The second-order valence-corrected chi connectivity index (χ2v) is 7.35. The van der Waals surface area contributed by atoms with Gasteiger partial charge in [0.1, 0.15) is 5.75 Å². The fourth-order valence-electron chi connectivity index (χ4n) is 3.73. The van der Waals surface area contributed by atoms with Crippen LogP contribution in [0.3, 0.4) is 0 Å². The third-order valence-corrected chi connectivity index (χ3v) is 5.07. The molecule has 1 aromatic carbocycles. The maximum Gasteiger partial charge on any atom is 0.255 e. The Labute approximate surface area is 197 Å². The van der Waals surface area contributed by atoms with Gasteiger partial charge in [0.05, 0.1) is 12.6 Å². The Kier molecular flexibility index (Phi) is 13.5. The van der Waals surface area contributed by atoms with Gasteiger partial charge < -0.3 is 25.8 Å². The number of nitrogens with two attached hydrogens (primary N) is 1. The van der Waals surface area contributed by atoms with Gasteiger partial charge in [-0.3, -0.25) is 4.79 Å². The molecule has 0 aliphatic heterocycles. The van der Waals surface area contributed by atoms with E-state index in [1.807, 2.05) is 18.2 Å². The van der Waals surface area contributed by atoms with Crippen LogP contribution < -0.4 is 21.1 Å². The molecule has 0 spiro atoms. The average Bonchev–Trinajstić information content (AvgIpc) is 3.25. The third kappa shape index (κ3) is 9.97. The number of ether oxygens (including phenoxy) is 2. The van der Waals surface area contributed by atoms with Gasteiger partial charge in [-0.15, -0.1) is 24.0 Å². The molecule has 1 aliphatic rings. The Bertz CT molecular complexity index is 651. The summed E-state index contributed by atoms with van der Waals surface area (Å²) in [6.45, 7) is 6.90. The van der Waals surface area contributed by atoms with Gasteiger partial charge in [-0.2, -0.15) is 0 Å². The van der Waals surface area contributed by atoms with Gasteiger partial charge in [0.15, 0.2) is 12.6 Å². The van der Waals surface area contributed by atoms with Crippen LogP contribution >= 0.6 is 24.0 Å². The number of hydrogen-bond donors (Lipinski definition) is 3. The Hall–Kier alpha value is -1.55. The van der Waals surface area contributed by atoms with Gasteiger partial charge in [0.2, 0.25) is 0 Å². The van der Waals surface area contributed by atoms with Crippen LogP contribution in [0.1, 0.15) is 51.5 Å². The number of benzene rings is 1. The highest BCUT2D eigenvalue weighted by atomic mass is 127. The molecule has 2 rings (SSSR count). The van der Waals surface area contributed by atoms with Crippen molar-refractivity contribution in [2.75, 3.05) is 26.3 Å². The van der Waals surface area contributed by atoms with E-state index in [0.717, 1.165) is 37.6 Å². The SMILES string of the molecule is CCNC(=NCc1cccc(OCC(N)=O)c1)NCCC(OCC)C1CCCC1.I. The maximum atomic E-state index is 10.9. The van der Waals surface area contributed by atoms with Gasteiger partial charge in [0, 0.05) is 19.7 Å². The van der Waals surface area contributed by atoms with E-state index < -0.39 is 5.91 Å². The minimum absolute atomic E-state index is 0. The number of nitrogens with zero attached hydrogens (tertiary/aromatic N) is 1. The van der Waals surface area contributed by atoms with Gasteiger partial charge >= 0.3 is 0 Å². The molecule has 8 heteroatoms. The van der Waals surface area contributed by atoms with Gasteiger partial charge in [-0.1, -0.05) is 25.0 Å². The van der Waals surface area contributed by atoms with Crippen molar-refractivity contribution in [3.05, 3.63) is 29.8 Å². The Morgan fingerprint density at radius 2 is 2.03 bits per heavy atom. The zero-order valence-electron chi connectivity index (χ0n) is 18.2. The highest BCUT2D eigenvalue weighted by Gasteiger charge is 2.25. The summed E-state index contributed by atoms with van der Waals surface area (Å²) in [5.41, 5.74) is 6.13. The van der Waals surface area contributed by atoms with Crippen LogP contribution in [0.15, 0.2) is 29.3 Å².